The van der Waals surface area contributed by atoms with Crippen LogP contribution in [-0.4, -0.2) is 56.5 Å². The molecule has 45 heavy (non-hydrogen) atoms. The summed E-state index contributed by atoms with van der Waals surface area (Å²) in [6.07, 6.45) is 4.59. The van der Waals surface area contributed by atoms with Crippen molar-refractivity contribution in [2.24, 2.45) is 0 Å². The van der Waals surface area contributed by atoms with Gasteiger partial charge in [0, 0.05) is 61.1 Å². The maximum absolute atomic E-state index is 11.7. The number of fused-ring (bicyclic) bond motifs is 1. The normalized spacial score (nSPS) is 16.5. The minimum Gasteiger partial charge on any atom is -0.496 e. The first-order chi connectivity index (χ1) is 22.1. The predicted molar refractivity (Wildman–Crippen MR) is 178 cm³/mol. The number of rotatable bonds is 16. The number of carbonyl (C=O) groups is 1. The molecule has 0 radical (unpaired) electrons. The zero-order valence-electron chi connectivity index (χ0n) is 26.8. The van der Waals surface area contributed by atoms with Crippen molar-refractivity contribution in [1.29, 1.82) is 0 Å². The van der Waals surface area contributed by atoms with Gasteiger partial charge in [0.05, 0.1) is 39.6 Å². The highest BCUT2D eigenvalue weighted by Crippen LogP contribution is 2.30. The lowest BCUT2D eigenvalue weighted by Crippen LogP contribution is -2.40. The molecule has 1 aliphatic rings. The van der Waals surface area contributed by atoms with Gasteiger partial charge in [-0.3, -0.25) is 4.79 Å². The number of para-hydroxylation sites is 1. The maximum atomic E-state index is 11.7. The highest BCUT2D eigenvalue weighted by Gasteiger charge is 2.27. The molecule has 0 spiro atoms. The molecule has 5 rings (SSSR count). The number of aromatic nitrogens is 1. The van der Waals surface area contributed by atoms with Gasteiger partial charge in [-0.2, -0.15) is 0 Å². The number of hydrogen-bond donors (Lipinski definition) is 2. The van der Waals surface area contributed by atoms with Crippen molar-refractivity contribution < 1.29 is 23.7 Å². The second-order valence-electron chi connectivity index (χ2n) is 11.6. The van der Waals surface area contributed by atoms with Crippen LogP contribution in [0.25, 0.3) is 10.9 Å². The molecular weight excluding hydrogens is 566 g/mol. The fourth-order valence-electron chi connectivity index (χ4n) is 5.99. The summed E-state index contributed by atoms with van der Waals surface area (Å²) < 4.78 is 26.0. The third-order valence-corrected chi connectivity index (χ3v) is 8.49. The average molecular weight is 614 g/mol. The molecule has 2 heterocycles. The van der Waals surface area contributed by atoms with E-state index in [1.165, 1.54) is 22.0 Å². The number of nitrogens with zero attached hydrogens (tertiary/aromatic N) is 1. The fraction of sp³-hybridized carbons (Fsp3) is 0.432. The Morgan fingerprint density at radius 1 is 1.04 bits per heavy atom. The minimum atomic E-state index is 0.0808. The van der Waals surface area contributed by atoms with Gasteiger partial charge in [0.15, 0.2) is 0 Å². The summed E-state index contributed by atoms with van der Waals surface area (Å²) in [4.78, 5) is 11.7. The van der Waals surface area contributed by atoms with Crippen molar-refractivity contribution >= 4 is 16.8 Å². The van der Waals surface area contributed by atoms with E-state index in [2.05, 4.69) is 70.8 Å². The Bertz CT molecular complexity index is 1520. The van der Waals surface area contributed by atoms with Crippen LogP contribution in [0.5, 0.6) is 11.5 Å². The van der Waals surface area contributed by atoms with Crippen LogP contribution in [-0.2, 0) is 34.0 Å². The second-order valence-corrected chi connectivity index (χ2v) is 11.6. The molecule has 8 heteroatoms. The molecule has 0 saturated carbocycles. The molecule has 1 amide bonds. The van der Waals surface area contributed by atoms with Gasteiger partial charge in [0.2, 0.25) is 5.91 Å². The van der Waals surface area contributed by atoms with Crippen LogP contribution in [0.15, 0.2) is 72.9 Å². The zero-order chi connectivity index (χ0) is 31.4. The number of ether oxygens (including phenoxy) is 4. The molecule has 1 saturated heterocycles. The van der Waals surface area contributed by atoms with E-state index in [-0.39, 0.29) is 12.0 Å². The fourth-order valence-corrected chi connectivity index (χ4v) is 5.99. The molecule has 2 N–H and O–H groups in total. The van der Waals surface area contributed by atoms with E-state index in [0.717, 1.165) is 55.1 Å². The number of benzene rings is 3. The first kappa shape index (κ1) is 32.5. The molecule has 0 bridgehead atoms. The van der Waals surface area contributed by atoms with Gasteiger partial charge >= 0.3 is 0 Å². The highest BCUT2D eigenvalue weighted by atomic mass is 16.5. The van der Waals surface area contributed by atoms with Crippen molar-refractivity contribution in [2.45, 2.75) is 64.9 Å². The minimum absolute atomic E-state index is 0.0808. The number of carbonyl (C=O) groups excluding carboxylic acids is 1. The summed E-state index contributed by atoms with van der Waals surface area (Å²) >= 11 is 0. The van der Waals surface area contributed by atoms with Gasteiger partial charge in [-0.15, -0.1) is 0 Å². The number of aryl methyl sites for hydroxylation is 1. The van der Waals surface area contributed by atoms with Crippen LogP contribution in [0.1, 0.15) is 54.4 Å². The smallest absolute Gasteiger partial charge is 0.219 e. The summed E-state index contributed by atoms with van der Waals surface area (Å²) in [6.45, 7) is 9.48. The maximum Gasteiger partial charge on any atom is 0.219 e. The van der Waals surface area contributed by atoms with Gasteiger partial charge in [-0.05, 0) is 60.8 Å². The monoisotopic (exact) mass is 613 g/mol. The highest BCUT2D eigenvalue weighted by molar-refractivity contribution is 5.84. The molecule has 3 aromatic carbocycles. The Balaban J connectivity index is 1.10. The van der Waals surface area contributed by atoms with E-state index < -0.39 is 0 Å². The van der Waals surface area contributed by atoms with Crippen LogP contribution < -0.4 is 20.1 Å². The van der Waals surface area contributed by atoms with E-state index in [1.807, 2.05) is 31.2 Å². The lowest BCUT2D eigenvalue weighted by atomic mass is 9.87. The van der Waals surface area contributed by atoms with Crippen LogP contribution in [0, 0.1) is 6.92 Å². The van der Waals surface area contributed by atoms with E-state index in [9.17, 15) is 4.79 Å². The lowest BCUT2D eigenvalue weighted by molar-refractivity contribution is -0.120. The predicted octanol–water partition coefficient (Wildman–Crippen LogP) is 6.13. The SMILES string of the molecule is CCC(=O)NCCn1cc(C)c2ccc(COC3CNCCC3c3ccc(OCCCOCc4ccccc4OC)cc3)cc21. The largest absolute Gasteiger partial charge is 0.496 e. The molecule has 8 nitrogen and oxygen atoms in total. The molecule has 1 fully saturated rings. The number of piperidine rings is 1. The number of methoxy groups -OCH3 is 1. The molecule has 0 aliphatic carbocycles. The van der Waals surface area contributed by atoms with Crippen molar-refractivity contribution in [3.8, 4) is 11.5 Å². The molecule has 4 aromatic rings. The molecule has 1 aromatic heterocycles. The van der Waals surface area contributed by atoms with Crippen LogP contribution in [0.4, 0.5) is 0 Å². The summed E-state index contributed by atoms with van der Waals surface area (Å²) in [7, 11) is 1.68. The Labute approximate surface area is 267 Å². The van der Waals surface area contributed by atoms with E-state index in [4.69, 9.17) is 18.9 Å². The Hall–Kier alpha value is -3.85. The van der Waals surface area contributed by atoms with Crippen molar-refractivity contribution in [1.82, 2.24) is 15.2 Å². The van der Waals surface area contributed by atoms with Crippen LogP contribution in [0.3, 0.4) is 0 Å². The Morgan fingerprint density at radius 2 is 1.89 bits per heavy atom. The molecule has 2 unspecified atom stereocenters. The molecule has 240 valence electrons. The third-order valence-electron chi connectivity index (χ3n) is 8.49. The first-order valence-electron chi connectivity index (χ1n) is 16.2. The zero-order valence-corrected chi connectivity index (χ0v) is 26.8. The topological polar surface area (TPSA) is 83.0 Å². The number of amides is 1. The van der Waals surface area contributed by atoms with Crippen LogP contribution in [0.2, 0.25) is 0 Å². The standard InChI is InChI=1S/C37H47N3O5/c1-4-37(41)39-18-19-40-24-27(2)32-15-10-28(22-34(32)40)25-45-36-23-38-17-16-33(36)29-11-13-31(14-12-29)44-21-7-20-43-26-30-8-5-6-9-35(30)42-3/h5-6,8-15,22,24,33,36,38H,4,7,16-21,23,25-26H2,1-3H3,(H,39,41). The first-order valence-corrected chi connectivity index (χ1v) is 16.2. The van der Waals surface area contributed by atoms with Gasteiger partial charge in [-0.1, -0.05) is 49.4 Å². The summed E-state index contributed by atoms with van der Waals surface area (Å²) in [5, 5.41) is 7.73. The van der Waals surface area contributed by atoms with Crippen molar-refractivity contribution in [3.05, 3.63) is 95.2 Å². The summed E-state index contributed by atoms with van der Waals surface area (Å²) in [6, 6.07) is 23.0. The van der Waals surface area contributed by atoms with E-state index in [1.54, 1.807) is 7.11 Å². The van der Waals surface area contributed by atoms with Gasteiger partial charge in [0.1, 0.15) is 11.5 Å². The number of hydrogen-bond acceptors (Lipinski definition) is 6. The quantitative estimate of drug-likeness (QED) is 0.148. The second kappa shape index (κ2) is 16.5. The summed E-state index contributed by atoms with van der Waals surface area (Å²) in [5.41, 5.74) is 5.90. The van der Waals surface area contributed by atoms with Gasteiger partial charge < -0.3 is 34.1 Å². The number of nitrogens with one attached hydrogen (secondary N) is 2. The third kappa shape index (κ3) is 8.87. The van der Waals surface area contributed by atoms with Gasteiger partial charge in [-0.25, -0.2) is 0 Å². The van der Waals surface area contributed by atoms with Crippen LogP contribution >= 0.6 is 0 Å². The van der Waals surface area contributed by atoms with Crippen molar-refractivity contribution in [2.75, 3.05) is 40.0 Å². The van der Waals surface area contributed by atoms with E-state index in [0.29, 0.717) is 45.3 Å². The van der Waals surface area contributed by atoms with Gasteiger partial charge in [0.25, 0.3) is 0 Å². The Kier molecular flexibility index (Phi) is 11.9. The molecular formula is C37H47N3O5. The van der Waals surface area contributed by atoms with Crippen molar-refractivity contribution in [3.63, 3.8) is 0 Å². The van der Waals surface area contributed by atoms with E-state index >= 15 is 0 Å². The Morgan fingerprint density at radius 3 is 2.71 bits per heavy atom. The average Bonchev–Trinajstić information content (AvgIpc) is 3.39. The molecule has 1 aliphatic heterocycles. The lowest BCUT2D eigenvalue weighted by Gasteiger charge is -2.32. The summed E-state index contributed by atoms with van der Waals surface area (Å²) in [5.74, 6) is 2.12. The molecule has 2 atom stereocenters.